The number of esters is 1. The lowest BCUT2D eigenvalue weighted by atomic mass is 10.1. The first-order valence-corrected chi connectivity index (χ1v) is 10.8. The van der Waals surface area contributed by atoms with Gasteiger partial charge >= 0.3 is 12.0 Å². The average molecular weight is 468 g/mol. The standard InChI is InChI=1S/C26H20N4O5/c1-2-35-25(33)22-14-13-20(28(22)16-15-27)17-21-23(31)29(18-9-5-3-6-10-18)26(34)30(24(21)32)19-11-7-4-8-12-19/h3-14,17H,2,16H2,1H3. The highest BCUT2D eigenvalue weighted by Gasteiger charge is 2.43. The number of anilines is 2. The number of amides is 4. The Morgan fingerprint density at radius 3 is 1.91 bits per heavy atom. The fraction of sp³-hybridized carbons (Fsp3) is 0.115. The van der Waals surface area contributed by atoms with E-state index in [1.54, 1.807) is 67.6 Å². The minimum atomic E-state index is -0.819. The molecule has 3 aromatic rings. The largest absolute Gasteiger partial charge is 0.461 e. The number of imide groups is 2. The smallest absolute Gasteiger partial charge is 0.354 e. The van der Waals surface area contributed by atoms with Crippen molar-refractivity contribution in [2.24, 2.45) is 0 Å². The molecule has 35 heavy (non-hydrogen) atoms. The molecule has 0 atom stereocenters. The van der Waals surface area contributed by atoms with Crippen LogP contribution >= 0.6 is 0 Å². The molecule has 2 heterocycles. The summed E-state index contributed by atoms with van der Waals surface area (Å²) in [6.45, 7) is 1.58. The third-order valence-corrected chi connectivity index (χ3v) is 5.30. The van der Waals surface area contributed by atoms with Gasteiger partial charge in [0.1, 0.15) is 17.8 Å². The second-order valence-electron chi connectivity index (χ2n) is 7.40. The Morgan fingerprint density at radius 2 is 1.43 bits per heavy atom. The number of rotatable bonds is 6. The Labute approximate surface area is 201 Å². The molecule has 1 aliphatic heterocycles. The average Bonchev–Trinajstić information content (AvgIpc) is 3.26. The van der Waals surface area contributed by atoms with Gasteiger partial charge in [0.15, 0.2) is 0 Å². The van der Waals surface area contributed by atoms with Crippen LogP contribution in [0, 0.1) is 11.3 Å². The SMILES string of the molecule is CCOC(=O)c1ccc(C=C2C(=O)N(c3ccccc3)C(=O)N(c3ccccc3)C2=O)n1CC#N. The maximum absolute atomic E-state index is 13.5. The Bertz CT molecular complexity index is 1310. The minimum absolute atomic E-state index is 0.104. The fourth-order valence-electron chi connectivity index (χ4n) is 3.73. The molecule has 9 nitrogen and oxygen atoms in total. The number of hydrogen-bond donors (Lipinski definition) is 0. The summed E-state index contributed by atoms with van der Waals surface area (Å²) in [5, 5.41) is 9.29. The molecule has 0 N–H and O–H groups in total. The van der Waals surface area contributed by atoms with Crippen molar-refractivity contribution in [1.29, 1.82) is 5.26 Å². The van der Waals surface area contributed by atoms with Crippen LogP contribution in [-0.4, -0.2) is 35.0 Å². The number of hydrogen-bond acceptors (Lipinski definition) is 6. The van der Waals surface area contributed by atoms with Crippen molar-refractivity contribution in [3.8, 4) is 6.07 Å². The predicted molar refractivity (Wildman–Crippen MR) is 127 cm³/mol. The molecule has 0 spiro atoms. The van der Waals surface area contributed by atoms with E-state index in [0.29, 0.717) is 11.4 Å². The lowest BCUT2D eigenvalue weighted by Crippen LogP contribution is -2.57. The summed E-state index contributed by atoms with van der Waals surface area (Å²) in [6, 6.07) is 20.6. The van der Waals surface area contributed by atoms with Crippen LogP contribution < -0.4 is 9.80 Å². The van der Waals surface area contributed by atoms with E-state index in [-0.39, 0.29) is 30.1 Å². The van der Waals surface area contributed by atoms with Gasteiger partial charge in [-0.25, -0.2) is 19.4 Å². The summed E-state index contributed by atoms with van der Waals surface area (Å²) in [5.41, 5.74) is 0.654. The molecule has 0 unspecified atom stereocenters. The van der Waals surface area contributed by atoms with Crippen molar-refractivity contribution >= 4 is 41.3 Å². The second kappa shape index (κ2) is 9.89. The lowest BCUT2D eigenvalue weighted by molar-refractivity contribution is -0.121. The normalized spacial score (nSPS) is 13.6. The highest BCUT2D eigenvalue weighted by Crippen LogP contribution is 2.29. The molecule has 1 fully saturated rings. The van der Waals surface area contributed by atoms with E-state index in [2.05, 4.69) is 0 Å². The van der Waals surface area contributed by atoms with Crippen LogP contribution in [0.25, 0.3) is 6.08 Å². The van der Waals surface area contributed by atoms with Crippen molar-refractivity contribution in [3.05, 3.63) is 89.8 Å². The van der Waals surface area contributed by atoms with Gasteiger partial charge in [0.25, 0.3) is 11.8 Å². The van der Waals surface area contributed by atoms with Crippen LogP contribution in [0.1, 0.15) is 23.1 Å². The number of carbonyl (C=O) groups excluding carboxylic acids is 4. The molecular weight excluding hydrogens is 448 g/mol. The van der Waals surface area contributed by atoms with Gasteiger partial charge in [0.05, 0.1) is 24.1 Å². The van der Waals surface area contributed by atoms with Crippen molar-refractivity contribution in [3.63, 3.8) is 0 Å². The zero-order chi connectivity index (χ0) is 24.9. The van der Waals surface area contributed by atoms with E-state index in [4.69, 9.17) is 4.74 Å². The van der Waals surface area contributed by atoms with E-state index in [9.17, 15) is 24.4 Å². The van der Waals surface area contributed by atoms with E-state index >= 15 is 0 Å². The number of benzene rings is 2. The van der Waals surface area contributed by atoms with Crippen molar-refractivity contribution in [1.82, 2.24) is 4.57 Å². The summed E-state index contributed by atoms with van der Waals surface area (Å²) in [6.07, 6.45) is 1.28. The summed E-state index contributed by atoms with van der Waals surface area (Å²) in [7, 11) is 0. The van der Waals surface area contributed by atoms with E-state index in [0.717, 1.165) is 9.80 Å². The second-order valence-corrected chi connectivity index (χ2v) is 7.40. The molecule has 0 bridgehead atoms. The minimum Gasteiger partial charge on any atom is -0.461 e. The third kappa shape index (κ3) is 4.32. The number of aromatic nitrogens is 1. The highest BCUT2D eigenvalue weighted by molar-refractivity contribution is 6.46. The maximum Gasteiger partial charge on any atom is 0.354 e. The Hall–Kier alpha value is -4.97. The summed E-state index contributed by atoms with van der Waals surface area (Å²) in [5.74, 6) is -2.28. The molecule has 0 radical (unpaired) electrons. The number of barbiturate groups is 1. The number of nitriles is 1. The Kier molecular flexibility index (Phi) is 6.55. The quantitative estimate of drug-likeness (QED) is 0.309. The fourth-order valence-corrected chi connectivity index (χ4v) is 3.73. The van der Waals surface area contributed by atoms with Gasteiger partial charge in [-0.2, -0.15) is 5.26 Å². The molecule has 0 aliphatic carbocycles. The first kappa shape index (κ1) is 23.2. The van der Waals surface area contributed by atoms with E-state index in [1.165, 1.54) is 22.8 Å². The topological polar surface area (TPSA) is 113 Å². The molecule has 4 rings (SSSR count). The zero-order valence-corrected chi connectivity index (χ0v) is 18.7. The number of nitrogens with zero attached hydrogens (tertiary/aromatic N) is 4. The molecular formula is C26H20N4O5. The molecule has 0 saturated carbocycles. The molecule has 2 aromatic carbocycles. The highest BCUT2D eigenvalue weighted by atomic mass is 16.5. The Morgan fingerprint density at radius 1 is 0.886 bits per heavy atom. The monoisotopic (exact) mass is 468 g/mol. The number of para-hydroxylation sites is 2. The lowest BCUT2D eigenvalue weighted by Gasteiger charge is -2.33. The summed E-state index contributed by atoms with van der Waals surface area (Å²) < 4.78 is 6.39. The maximum atomic E-state index is 13.5. The molecule has 174 valence electrons. The van der Waals surface area contributed by atoms with Crippen LogP contribution in [0.2, 0.25) is 0 Å². The van der Waals surface area contributed by atoms with E-state index in [1.807, 2.05) is 6.07 Å². The summed E-state index contributed by atoms with van der Waals surface area (Å²) >= 11 is 0. The first-order chi connectivity index (χ1) is 17.0. The van der Waals surface area contributed by atoms with Crippen LogP contribution in [-0.2, 0) is 20.9 Å². The molecule has 4 amide bonds. The van der Waals surface area contributed by atoms with Gasteiger partial charge in [-0.05, 0) is 49.4 Å². The van der Waals surface area contributed by atoms with Gasteiger partial charge in [0.2, 0.25) is 0 Å². The van der Waals surface area contributed by atoms with Crippen molar-refractivity contribution in [2.45, 2.75) is 13.5 Å². The van der Waals surface area contributed by atoms with Gasteiger partial charge in [-0.3, -0.25) is 9.59 Å². The predicted octanol–water partition coefficient (Wildman–Crippen LogP) is 3.77. The van der Waals surface area contributed by atoms with Crippen LogP contribution in [0.3, 0.4) is 0 Å². The first-order valence-electron chi connectivity index (χ1n) is 10.8. The third-order valence-electron chi connectivity index (χ3n) is 5.30. The van der Waals surface area contributed by atoms with Gasteiger partial charge < -0.3 is 9.30 Å². The molecule has 1 aromatic heterocycles. The number of ether oxygens (including phenoxy) is 1. The van der Waals surface area contributed by atoms with Gasteiger partial charge in [-0.15, -0.1) is 0 Å². The van der Waals surface area contributed by atoms with E-state index < -0.39 is 23.8 Å². The molecule has 1 saturated heterocycles. The Balaban J connectivity index is 1.87. The zero-order valence-electron chi connectivity index (χ0n) is 18.7. The van der Waals surface area contributed by atoms with Gasteiger partial charge in [-0.1, -0.05) is 36.4 Å². The molecule has 9 heteroatoms. The van der Waals surface area contributed by atoms with Crippen LogP contribution in [0.5, 0.6) is 0 Å². The van der Waals surface area contributed by atoms with Crippen LogP contribution in [0.4, 0.5) is 16.2 Å². The number of carbonyl (C=O) groups is 4. The van der Waals surface area contributed by atoms with Crippen molar-refractivity contribution < 1.29 is 23.9 Å². The summed E-state index contributed by atoms with van der Waals surface area (Å²) in [4.78, 5) is 54.4. The number of urea groups is 1. The van der Waals surface area contributed by atoms with Gasteiger partial charge in [0, 0.05) is 5.69 Å². The van der Waals surface area contributed by atoms with Crippen LogP contribution in [0.15, 0.2) is 78.4 Å². The molecule has 1 aliphatic rings. The van der Waals surface area contributed by atoms with Crippen molar-refractivity contribution in [2.75, 3.05) is 16.4 Å².